The number of hydrogen-bond donors (Lipinski definition) is 1. The van der Waals surface area contributed by atoms with E-state index in [9.17, 15) is 4.79 Å². The van der Waals surface area contributed by atoms with E-state index in [1.807, 2.05) is 5.38 Å². The van der Waals surface area contributed by atoms with Crippen molar-refractivity contribution in [2.75, 3.05) is 18.4 Å². The third-order valence-corrected chi connectivity index (χ3v) is 4.25. The monoisotopic (exact) mass is 267 g/mol. The Bertz CT molecular complexity index is 410. The number of rotatable bonds is 2. The molecule has 1 aliphatic heterocycles. The molecule has 0 saturated carbocycles. The molecule has 0 spiro atoms. The highest BCUT2D eigenvalue weighted by molar-refractivity contribution is 7.13. The molecule has 0 aromatic carbocycles. The number of likely N-dealkylation sites (tertiary alicyclic amines) is 1. The van der Waals surface area contributed by atoms with Gasteiger partial charge in [-0.05, 0) is 26.7 Å². The number of anilines is 1. The Hall–Kier alpha value is -0.940. The summed E-state index contributed by atoms with van der Waals surface area (Å²) in [5.41, 5.74) is 0.129. The minimum absolute atomic E-state index is 0.0631. The van der Waals surface area contributed by atoms with Gasteiger partial charge in [0.15, 0.2) is 5.13 Å². The summed E-state index contributed by atoms with van der Waals surface area (Å²) in [5, 5.41) is 5.47. The molecule has 5 heteroatoms. The molecule has 0 bridgehead atoms. The van der Waals surface area contributed by atoms with E-state index in [0.29, 0.717) is 11.0 Å². The lowest BCUT2D eigenvalue weighted by molar-refractivity contribution is -0.120. The zero-order chi connectivity index (χ0) is 13.3. The molecule has 18 heavy (non-hydrogen) atoms. The van der Waals surface area contributed by atoms with E-state index in [1.54, 1.807) is 6.20 Å². The summed E-state index contributed by atoms with van der Waals surface area (Å²) in [7, 11) is 0. The fourth-order valence-corrected chi connectivity index (χ4v) is 2.87. The second-order valence-corrected chi connectivity index (χ2v) is 6.88. The highest BCUT2D eigenvalue weighted by Gasteiger charge is 2.39. The third kappa shape index (κ3) is 2.90. The standard InChI is InChI=1S/C13H21N3OS/c1-9-7-16(13(2,3)4)8-10(9)11(17)15-12-14-5-6-18-12/h5-6,9-10H,7-8H2,1-4H3,(H,14,15,17)/t9-,10+/m0/s1. The Labute approximate surface area is 112 Å². The van der Waals surface area contributed by atoms with Crippen LogP contribution in [0, 0.1) is 11.8 Å². The van der Waals surface area contributed by atoms with Crippen LogP contribution < -0.4 is 5.32 Å². The van der Waals surface area contributed by atoms with Crippen molar-refractivity contribution in [3.8, 4) is 0 Å². The minimum atomic E-state index is 0.0631. The summed E-state index contributed by atoms with van der Waals surface area (Å²) in [4.78, 5) is 18.7. The highest BCUT2D eigenvalue weighted by Crippen LogP contribution is 2.29. The first-order chi connectivity index (χ1) is 8.38. The number of nitrogens with one attached hydrogen (secondary N) is 1. The molecule has 1 N–H and O–H groups in total. The fraction of sp³-hybridized carbons (Fsp3) is 0.692. The second kappa shape index (κ2) is 4.97. The van der Waals surface area contributed by atoms with E-state index in [1.165, 1.54) is 11.3 Å². The van der Waals surface area contributed by atoms with Crippen LogP contribution >= 0.6 is 11.3 Å². The lowest BCUT2D eigenvalue weighted by Gasteiger charge is -2.31. The van der Waals surface area contributed by atoms with Crippen molar-refractivity contribution in [3.05, 3.63) is 11.6 Å². The Morgan fingerprint density at radius 3 is 2.72 bits per heavy atom. The normalized spacial score (nSPS) is 25.3. The van der Waals surface area contributed by atoms with Crippen LogP contribution in [-0.2, 0) is 4.79 Å². The number of hydrogen-bond acceptors (Lipinski definition) is 4. The molecule has 2 rings (SSSR count). The summed E-state index contributed by atoms with van der Waals surface area (Å²) in [5.74, 6) is 0.557. The van der Waals surface area contributed by atoms with E-state index < -0.39 is 0 Å². The van der Waals surface area contributed by atoms with Gasteiger partial charge >= 0.3 is 0 Å². The maximum absolute atomic E-state index is 12.2. The SMILES string of the molecule is C[C@H]1CN(C(C)(C)C)C[C@H]1C(=O)Nc1nccs1. The predicted molar refractivity (Wildman–Crippen MR) is 74.7 cm³/mol. The van der Waals surface area contributed by atoms with Crippen LogP contribution in [-0.4, -0.2) is 34.4 Å². The van der Waals surface area contributed by atoms with Gasteiger partial charge in [0.05, 0.1) is 5.92 Å². The first-order valence-electron chi connectivity index (χ1n) is 6.33. The average molecular weight is 267 g/mol. The molecule has 0 aliphatic carbocycles. The summed E-state index contributed by atoms with van der Waals surface area (Å²) >= 11 is 1.46. The predicted octanol–water partition coefficient (Wildman–Crippen LogP) is 2.45. The molecule has 2 heterocycles. The molecule has 1 aliphatic rings. The van der Waals surface area contributed by atoms with E-state index in [-0.39, 0.29) is 17.4 Å². The average Bonchev–Trinajstić information content (AvgIpc) is 2.85. The summed E-state index contributed by atoms with van der Waals surface area (Å²) in [6, 6.07) is 0. The van der Waals surface area contributed by atoms with Crippen LogP contribution in [0.25, 0.3) is 0 Å². The molecule has 4 nitrogen and oxygen atoms in total. The molecule has 0 radical (unpaired) electrons. The number of amides is 1. The number of carbonyl (C=O) groups excluding carboxylic acids is 1. The maximum Gasteiger partial charge on any atom is 0.230 e. The van der Waals surface area contributed by atoms with Gasteiger partial charge in [-0.1, -0.05) is 6.92 Å². The van der Waals surface area contributed by atoms with Crippen LogP contribution in [0.2, 0.25) is 0 Å². The number of aromatic nitrogens is 1. The second-order valence-electron chi connectivity index (χ2n) is 5.99. The van der Waals surface area contributed by atoms with Crippen molar-refractivity contribution < 1.29 is 4.79 Å². The topological polar surface area (TPSA) is 45.2 Å². The Morgan fingerprint density at radius 2 is 2.22 bits per heavy atom. The molecule has 1 saturated heterocycles. The molecule has 0 unspecified atom stereocenters. The summed E-state index contributed by atoms with van der Waals surface area (Å²) < 4.78 is 0. The van der Waals surface area contributed by atoms with Crippen molar-refractivity contribution in [1.82, 2.24) is 9.88 Å². The van der Waals surface area contributed by atoms with Gasteiger partial charge in [-0.2, -0.15) is 0 Å². The molecule has 2 atom stereocenters. The van der Waals surface area contributed by atoms with Gasteiger partial charge in [0.2, 0.25) is 5.91 Å². The van der Waals surface area contributed by atoms with E-state index in [4.69, 9.17) is 0 Å². The number of thiazole rings is 1. The molecule has 1 aromatic rings. The lowest BCUT2D eigenvalue weighted by atomic mass is 9.97. The van der Waals surface area contributed by atoms with Gasteiger partial charge in [-0.25, -0.2) is 4.98 Å². The van der Waals surface area contributed by atoms with Crippen LogP contribution in [0.5, 0.6) is 0 Å². The van der Waals surface area contributed by atoms with Gasteiger partial charge in [-0.3, -0.25) is 9.69 Å². The minimum Gasteiger partial charge on any atom is -0.302 e. The van der Waals surface area contributed by atoms with Crippen molar-refractivity contribution >= 4 is 22.4 Å². The van der Waals surface area contributed by atoms with Crippen molar-refractivity contribution in [2.45, 2.75) is 33.2 Å². The molecular formula is C13H21N3OS. The Morgan fingerprint density at radius 1 is 1.50 bits per heavy atom. The number of carbonyl (C=O) groups is 1. The van der Waals surface area contributed by atoms with Crippen LogP contribution in [0.1, 0.15) is 27.7 Å². The smallest absolute Gasteiger partial charge is 0.230 e. The molecule has 1 aromatic heterocycles. The third-order valence-electron chi connectivity index (χ3n) is 3.56. The van der Waals surface area contributed by atoms with Crippen LogP contribution in [0.3, 0.4) is 0 Å². The fourth-order valence-electron chi connectivity index (χ4n) is 2.34. The van der Waals surface area contributed by atoms with Crippen LogP contribution in [0.15, 0.2) is 11.6 Å². The first-order valence-corrected chi connectivity index (χ1v) is 7.21. The zero-order valence-corrected chi connectivity index (χ0v) is 12.3. The van der Waals surface area contributed by atoms with E-state index >= 15 is 0 Å². The number of nitrogens with zero attached hydrogens (tertiary/aromatic N) is 2. The summed E-state index contributed by atoms with van der Waals surface area (Å²) in [6.07, 6.45) is 1.71. The largest absolute Gasteiger partial charge is 0.302 e. The lowest BCUT2D eigenvalue weighted by Crippen LogP contribution is -2.40. The van der Waals surface area contributed by atoms with Crippen molar-refractivity contribution in [2.24, 2.45) is 11.8 Å². The molecule has 100 valence electrons. The first kappa shape index (κ1) is 13.5. The molecule has 1 amide bonds. The Balaban J connectivity index is 1.99. The van der Waals surface area contributed by atoms with E-state index in [0.717, 1.165) is 13.1 Å². The van der Waals surface area contributed by atoms with Gasteiger partial charge in [-0.15, -0.1) is 11.3 Å². The van der Waals surface area contributed by atoms with Crippen LogP contribution in [0.4, 0.5) is 5.13 Å². The maximum atomic E-state index is 12.2. The van der Waals surface area contributed by atoms with Crippen molar-refractivity contribution in [3.63, 3.8) is 0 Å². The molecule has 1 fully saturated rings. The highest BCUT2D eigenvalue weighted by atomic mass is 32.1. The summed E-state index contributed by atoms with van der Waals surface area (Å²) in [6.45, 7) is 10.6. The Kier molecular flexibility index (Phi) is 3.73. The van der Waals surface area contributed by atoms with Crippen molar-refractivity contribution in [1.29, 1.82) is 0 Å². The van der Waals surface area contributed by atoms with Gasteiger partial charge in [0, 0.05) is 30.2 Å². The van der Waals surface area contributed by atoms with Gasteiger partial charge in [0.25, 0.3) is 0 Å². The van der Waals surface area contributed by atoms with Gasteiger partial charge in [0.1, 0.15) is 0 Å². The van der Waals surface area contributed by atoms with Gasteiger partial charge < -0.3 is 5.32 Å². The molecular weight excluding hydrogens is 246 g/mol. The zero-order valence-electron chi connectivity index (χ0n) is 11.4. The quantitative estimate of drug-likeness (QED) is 0.895. The van der Waals surface area contributed by atoms with E-state index in [2.05, 4.69) is 42.9 Å².